The van der Waals surface area contributed by atoms with Gasteiger partial charge >= 0.3 is 12.1 Å². The highest BCUT2D eigenvalue weighted by atomic mass is 19.4. The van der Waals surface area contributed by atoms with Crippen molar-refractivity contribution in [3.8, 4) is 17.0 Å². The summed E-state index contributed by atoms with van der Waals surface area (Å²) in [5.74, 6) is -0.951. The number of amides is 1. The number of carbonyl (C=O) groups excluding carboxylic acids is 1. The molecule has 2 aromatic carbocycles. The molecule has 0 radical (unpaired) electrons. The van der Waals surface area contributed by atoms with Crippen molar-refractivity contribution in [3.63, 3.8) is 0 Å². The summed E-state index contributed by atoms with van der Waals surface area (Å²) in [6, 6.07) is 15.5. The van der Waals surface area contributed by atoms with Gasteiger partial charge < -0.3 is 14.7 Å². The second-order valence-electron chi connectivity index (χ2n) is 9.92. The van der Waals surface area contributed by atoms with Gasteiger partial charge in [-0.05, 0) is 43.2 Å². The van der Waals surface area contributed by atoms with Gasteiger partial charge in [-0.3, -0.25) is 14.5 Å². The van der Waals surface area contributed by atoms with E-state index in [-0.39, 0.29) is 35.6 Å². The molecule has 214 valence electrons. The highest BCUT2D eigenvalue weighted by molar-refractivity contribution is 6.00. The summed E-state index contributed by atoms with van der Waals surface area (Å²) < 4.78 is 48.9. The van der Waals surface area contributed by atoms with Crippen molar-refractivity contribution in [2.75, 3.05) is 33.3 Å². The number of fused-ring (bicyclic) bond motifs is 1. The number of carbonyl (C=O) groups is 2. The van der Waals surface area contributed by atoms with Crippen LogP contribution in [0.1, 0.15) is 27.2 Å². The number of piperazine rings is 1. The molecule has 1 saturated heterocycles. The monoisotopic (exact) mass is 567 g/mol. The zero-order valence-corrected chi connectivity index (χ0v) is 22.4. The van der Waals surface area contributed by atoms with Crippen molar-refractivity contribution in [2.24, 2.45) is 0 Å². The van der Waals surface area contributed by atoms with Crippen LogP contribution >= 0.6 is 0 Å². The molecule has 0 unspecified atom stereocenters. The number of benzene rings is 2. The molecule has 1 aliphatic rings. The number of methoxy groups -OCH3 is 1. The second kappa shape index (κ2) is 11.2. The van der Waals surface area contributed by atoms with Crippen LogP contribution in [0.15, 0.2) is 60.8 Å². The molecule has 0 aliphatic carbocycles. The summed E-state index contributed by atoms with van der Waals surface area (Å²) in [7, 11) is 1.49. The molecule has 41 heavy (non-hydrogen) atoms. The molecule has 0 bridgehead atoms. The topological polar surface area (TPSA) is 100 Å². The molecule has 1 N–H and O–H groups in total. The highest BCUT2D eigenvalue weighted by Crippen LogP contribution is 2.37. The number of hydrogen-bond acceptors (Lipinski definition) is 6. The summed E-state index contributed by atoms with van der Waals surface area (Å²) in [5.41, 5.74) is 0.0534. The number of aromatic nitrogens is 3. The Labute approximate surface area is 233 Å². The Morgan fingerprint density at radius 3 is 2.41 bits per heavy atom. The quantitative estimate of drug-likeness (QED) is 0.358. The smallest absolute Gasteiger partial charge is 0.433 e. The van der Waals surface area contributed by atoms with E-state index in [1.165, 1.54) is 14.0 Å². The maximum atomic E-state index is 14.4. The lowest BCUT2D eigenvalue weighted by Gasteiger charge is -2.41. The number of halogens is 3. The normalized spacial score (nSPS) is 16.2. The SMILES string of the molecule is COc1ccc(-c2nc3c(C(=O)N4CCN(CC(=O)O)C[C@H]4Cc4ccccc4)cnn3c(C(F)(F)F)c2C)cc1. The third kappa shape index (κ3) is 5.73. The number of nitrogens with zero attached hydrogens (tertiary/aromatic N) is 5. The zero-order chi connectivity index (χ0) is 29.3. The first-order valence-corrected chi connectivity index (χ1v) is 13.0. The van der Waals surface area contributed by atoms with Gasteiger partial charge in [-0.2, -0.15) is 18.3 Å². The number of carboxylic acids is 1. The zero-order valence-electron chi connectivity index (χ0n) is 22.4. The summed E-state index contributed by atoms with van der Waals surface area (Å²) in [6.07, 6.45) is -3.20. The fourth-order valence-electron chi connectivity index (χ4n) is 5.32. The molecule has 12 heteroatoms. The standard InChI is InChI=1S/C29H28F3N5O4/c1-18-25(20-8-10-22(41-2)11-9-20)34-27-23(15-33-37(27)26(18)29(30,31)32)28(40)36-13-12-35(17-24(38)39)16-21(36)14-19-6-4-3-5-7-19/h3-11,15,21H,12-14,16-17H2,1-2H3,(H,38,39)/t21-/m1/s1. The third-order valence-electron chi connectivity index (χ3n) is 7.25. The molecule has 9 nitrogen and oxygen atoms in total. The van der Waals surface area contributed by atoms with Crippen LogP contribution in [0.25, 0.3) is 16.9 Å². The third-order valence-corrected chi connectivity index (χ3v) is 7.25. The van der Waals surface area contributed by atoms with Gasteiger partial charge in [0, 0.05) is 36.8 Å². The Morgan fingerprint density at radius 2 is 1.78 bits per heavy atom. The van der Waals surface area contributed by atoms with E-state index in [0.29, 0.717) is 35.3 Å². The molecule has 3 heterocycles. The van der Waals surface area contributed by atoms with Crippen molar-refractivity contribution in [2.45, 2.75) is 25.6 Å². The van der Waals surface area contributed by atoms with Gasteiger partial charge in [0.1, 0.15) is 11.3 Å². The van der Waals surface area contributed by atoms with Crippen LogP contribution in [-0.2, 0) is 17.4 Å². The molecule has 1 atom stereocenters. The van der Waals surface area contributed by atoms with Crippen LogP contribution in [0.4, 0.5) is 13.2 Å². The van der Waals surface area contributed by atoms with Crippen LogP contribution in [0.3, 0.4) is 0 Å². The van der Waals surface area contributed by atoms with Gasteiger partial charge in [0.2, 0.25) is 0 Å². The predicted molar refractivity (Wildman–Crippen MR) is 144 cm³/mol. The van der Waals surface area contributed by atoms with Crippen LogP contribution in [0.5, 0.6) is 5.75 Å². The number of carboxylic acid groups (broad SMARTS) is 1. The van der Waals surface area contributed by atoms with Gasteiger partial charge in [0.15, 0.2) is 11.3 Å². The van der Waals surface area contributed by atoms with Gasteiger partial charge in [-0.1, -0.05) is 30.3 Å². The van der Waals surface area contributed by atoms with E-state index in [1.807, 2.05) is 30.3 Å². The van der Waals surface area contributed by atoms with Crippen LogP contribution in [0, 0.1) is 6.92 Å². The van der Waals surface area contributed by atoms with Crippen molar-refractivity contribution in [1.29, 1.82) is 0 Å². The summed E-state index contributed by atoms with van der Waals surface area (Å²) in [5, 5.41) is 13.3. The number of ether oxygens (including phenoxy) is 1. The van der Waals surface area contributed by atoms with E-state index >= 15 is 0 Å². The molecular formula is C29H28F3N5O4. The molecular weight excluding hydrogens is 539 g/mol. The Balaban J connectivity index is 1.58. The number of aliphatic carboxylic acids is 1. The van der Waals surface area contributed by atoms with Gasteiger partial charge in [-0.25, -0.2) is 9.50 Å². The fraction of sp³-hybridized carbons (Fsp3) is 0.310. The van der Waals surface area contributed by atoms with Crippen molar-refractivity contribution >= 4 is 17.5 Å². The lowest BCUT2D eigenvalue weighted by atomic mass is 10.0. The molecule has 5 rings (SSSR count). The van der Waals surface area contributed by atoms with Crippen LogP contribution in [-0.4, -0.2) is 80.7 Å². The van der Waals surface area contributed by atoms with E-state index in [4.69, 9.17) is 4.74 Å². The maximum absolute atomic E-state index is 14.4. The van der Waals surface area contributed by atoms with Crippen LogP contribution in [0.2, 0.25) is 0 Å². The molecule has 1 amide bonds. The highest BCUT2D eigenvalue weighted by Gasteiger charge is 2.40. The lowest BCUT2D eigenvalue weighted by Crippen LogP contribution is -2.56. The molecule has 0 saturated carbocycles. The Hall–Kier alpha value is -4.45. The minimum absolute atomic E-state index is 0.0602. The van der Waals surface area contributed by atoms with Crippen LogP contribution < -0.4 is 4.74 Å². The van der Waals surface area contributed by atoms with Crippen molar-refractivity contribution in [1.82, 2.24) is 24.4 Å². The van der Waals surface area contributed by atoms with Gasteiger partial charge in [0.05, 0.1) is 25.5 Å². The largest absolute Gasteiger partial charge is 0.497 e. The van der Waals surface area contributed by atoms with E-state index in [2.05, 4.69) is 10.1 Å². The minimum Gasteiger partial charge on any atom is -0.497 e. The Morgan fingerprint density at radius 1 is 1.07 bits per heavy atom. The maximum Gasteiger partial charge on any atom is 0.433 e. The van der Waals surface area contributed by atoms with Crippen molar-refractivity contribution < 1.29 is 32.6 Å². The van der Waals surface area contributed by atoms with E-state index in [0.717, 1.165) is 11.8 Å². The van der Waals surface area contributed by atoms with Gasteiger partial charge in [-0.15, -0.1) is 0 Å². The molecule has 1 aliphatic heterocycles. The Bertz CT molecular complexity index is 1570. The van der Waals surface area contributed by atoms with Gasteiger partial charge in [0.25, 0.3) is 5.91 Å². The molecule has 0 spiro atoms. The average Bonchev–Trinajstić information content (AvgIpc) is 3.35. The summed E-state index contributed by atoms with van der Waals surface area (Å²) in [4.78, 5) is 33.2. The molecule has 2 aromatic heterocycles. The molecule has 1 fully saturated rings. The molecule has 4 aromatic rings. The lowest BCUT2D eigenvalue weighted by molar-refractivity contribution is -0.143. The Kier molecular flexibility index (Phi) is 7.68. The first-order valence-electron chi connectivity index (χ1n) is 13.0. The van der Waals surface area contributed by atoms with E-state index in [1.54, 1.807) is 34.1 Å². The summed E-state index contributed by atoms with van der Waals surface area (Å²) in [6.45, 7) is 1.95. The van der Waals surface area contributed by atoms with E-state index < -0.39 is 29.8 Å². The van der Waals surface area contributed by atoms with E-state index in [9.17, 15) is 27.9 Å². The number of hydrogen-bond donors (Lipinski definition) is 1. The first-order chi connectivity index (χ1) is 19.6. The second-order valence-corrected chi connectivity index (χ2v) is 9.92. The van der Waals surface area contributed by atoms with Crippen molar-refractivity contribution in [3.05, 3.63) is 83.2 Å². The average molecular weight is 568 g/mol. The fourth-order valence-corrected chi connectivity index (χ4v) is 5.32. The minimum atomic E-state index is -4.77. The number of alkyl halides is 3. The predicted octanol–water partition coefficient (Wildman–Crippen LogP) is 4.19. The first kappa shape index (κ1) is 28.1. The summed E-state index contributed by atoms with van der Waals surface area (Å²) >= 11 is 0. The number of rotatable bonds is 7.